The van der Waals surface area contributed by atoms with Crippen molar-refractivity contribution in [1.29, 1.82) is 0 Å². The van der Waals surface area contributed by atoms with E-state index in [-0.39, 0.29) is 0 Å². The van der Waals surface area contributed by atoms with Gasteiger partial charge in [0.1, 0.15) is 0 Å². The molecule has 112 valence electrons. The summed E-state index contributed by atoms with van der Waals surface area (Å²) in [7, 11) is -0.132. The van der Waals surface area contributed by atoms with Crippen LogP contribution in [-0.4, -0.2) is 31.8 Å². The number of sulfonamides is 1. The van der Waals surface area contributed by atoms with Gasteiger partial charge >= 0.3 is 0 Å². The summed E-state index contributed by atoms with van der Waals surface area (Å²) in [5.41, 5.74) is 1.67. The minimum Gasteiger partial charge on any atom is -0.316 e. The smallest absolute Gasteiger partial charge is 0.243 e. The van der Waals surface area contributed by atoms with E-state index >= 15 is 0 Å². The second kappa shape index (κ2) is 6.80. The maximum atomic E-state index is 12.7. The Labute approximate surface area is 125 Å². The molecular formula is C15H19N3O2S. The van der Waals surface area contributed by atoms with Gasteiger partial charge in [-0.1, -0.05) is 18.2 Å². The van der Waals surface area contributed by atoms with Crippen LogP contribution >= 0.6 is 0 Å². The number of hydrogen-bond donors (Lipinski definition) is 1. The first-order valence-electron chi connectivity index (χ1n) is 6.63. The third-order valence-electron chi connectivity index (χ3n) is 3.18. The largest absolute Gasteiger partial charge is 0.316 e. The summed E-state index contributed by atoms with van der Waals surface area (Å²) in [5.74, 6) is 0. The Morgan fingerprint density at radius 1 is 1.14 bits per heavy atom. The standard InChI is InChI=1S/C15H19N3O2S/c1-16-11-14-5-3-4-6-15(14)21(19,20)18(2)12-13-7-9-17-10-8-13/h3-10,16H,11-12H2,1-2H3. The Bertz CT molecular complexity index is 687. The minimum absolute atomic E-state index is 0.318. The minimum atomic E-state index is -3.52. The van der Waals surface area contributed by atoms with E-state index < -0.39 is 10.0 Å². The lowest BCUT2D eigenvalue weighted by Crippen LogP contribution is -2.28. The van der Waals surface area contributed by atoms with E-state index in [4.69, 9.17) is 0 Å². The molecule has 1 aromatic heterocycles. The Balaban J connectivity index is 2.29. The Kier molecular flexibility index (Phi) is 5.06. The van der Waals surface area contributed by atoms with Crippen molar-refractivity contribution in [3.8, 4) is 0 Å². The molecule has 0 fully saturated rings. The Hall–Kier alpha value is -1.76. The van der Waals surface area contributed by atoms with Gasteiger partial charge in [0.05, 0.1) is 4.90 Å². The fraction of sp³-hybridized carbons (Fsp3) is 0.267. The van der Waals surface area contributed by atoms with Crippen molar-refractivity contribution in [3.63, 3.8) is 0 Å². The lowest BCUT2D eigenvalue weighted by molar-refractivity contribution is 0.465. The zero-order valence-corrected chi connectivity index (χ0v) is 13.0. The van der Waals surface area contributed by atoms with Crippen LogP contribution < -0.4 is 5.32 Å². The fourth-order valence-electron chi connectivity index (χ4n) is 2.09. The highest BCUT2D eigenvalue weighted by molar-refractivity contribution is 7.89. The molecule has 1 aromatic carbocycles. The fourth-order valence-corrected chi connectivity index (χ4v) is 3.47. The first-order valence-corrected chi connectivity index (χ1v) is 8.07. The number of aromatic nitrogens is 1. The second-order valence-corrected chi connectivity index (χ2v) is 6.77. The molecule has 21 heavy (non-hydrogen) atoms. The monoisotopic (exact) mass is 305 g/mol. The van der Waals surface area contributed by atoms with Gasteiger partial charge in [-0.25, -0.2) is 8.42 Å². The molecule has 2 rings (SSSR count). The Morgan fingerprint density at radius 2 is 1.81 bits per heavy atom. The van der Waals surface area contributed by atoms with E-state index in [0.29, 0.717) is 18.0 Å². The molecule has 2 aromatic rings. The van der Waals surface area contributed by atoms with Gasteiger partial charge in [0.2, 0.25) is 10.0 Å². The van der Waals surface area contributed by atoms with Gasteiger partial charge < -0.3 is 5.32 Å². The van der Waals surface area contributed by atoms with Gasteiger partial charge in [0, 0.05) is 32.5 Å². The number of nitrogens with zero attached hydrogens (tertiary/aromatic N) is 2. The molecule has 0 aliphatic heterocycles. The van der Waals surface area contributed by atoms with Gasteiger partial charge in [0.15, 0.2) is 0 Å². The number of pyridine rings is 1. The van der Waals surface area contributed by atoms with Crippen molar-refractivity contribution in [3.05, 3.63) is 59.9 Å². The van der Waals surface area contributed by atoms with Crippen LogP contribution in [0.3, 0.4) is 0 Å². The maximum absolute atomic E-state index is 12.7. The molecule has 0 spiro atoms. The van der Waals surface area contributed by atoms with Gasteiger partial charge in [-0.2, -0.15) is 4.31 Å². The number of rotatable bonds is 6. The summed E-state index contributed by atoms with van der Waals surface area (Å²) >= 11 is 0. The van der Waals surface area contributed by atoms with Crippen LogP contribution in [0.5, 0.6) is 0 Å². The molecule has 0 saturated carbocycles. The van der Waals surface area contributed by atoms with E-state index in [9.17, 15) is 8.42 Å². The SMILES string of the molecule is CNCc1ccccc1S(=O)(=O)N(C)Cc1ccncc1. The average molecular weight is 305 g/mol. The number of benzene rings is 1. The first-order chi connectivity index (χ1) is 10.1. The van der Waals surface area contributed by atoms with E-state index in [1.54, 1.807) is 38.6 Å². The highest BCUT2D eigenvalue weighted by Crippen LogP contribution is 2.20. The molecule has 0 unspecified atom stereocenters. The van der Waals surface area contributed by atoms with Gasteiger partial charge in [0.25, 0.3) is 0 Å². The molecule has 0 amide bonds. The molecule has 0 aliphatic carbocycles. The van der Waals surface area contributed by atoms with E-state index in [1.165, 1.54) is 4.31 Å². The molecule has 0 saturated heterocycles. The molecule has 0 aliphatic rings. The molecule has 1 heterocycles. The summed E-state index contributed by atoms with van der Waals surface area (Å²) < 4.78 is 26.8. The lowest BCUT2D eigenvalue weighted by atomic mass is 10.2. The quantitative estimate of drug-likeness (QED) is 0.881. The van der Waals surface area contributed by atoms with Gasteiger partial charge in [-0.15, -0.1) is 0 Å². The van der Waals surface area contributed by atoms with Gasteiger partial charge in [-0.3, -0.25) is 4.98 Å². The molecule has 5 nitrogen and oxygen atoms in total. The molecule has 1 N–H and O–H groups in total. The second-order valence-electron chi connectivity index (χ2n) is 4.75. The van der Waals surface area contributed by atoms with Crippen molar-refractivity contribution in [2.75, 3.05) is 14.1 Å². The summed E-state index contributed by atoms with van der Waals surface area (Å²) in [5, 5.41) is 2.99. The zero-order chi connectivity index (χ0) is 15.3. The van der Waals surface area contributed by atoms with E-state index in [0.717, 1.165) is 11.1 Å². The number of nitrogens with one attached hydrogen (secondary N) is 1. The lowest BCUT2D eigenvalue weighted by Gasteiger charge is -2.19. The van der Waals surface area contributed by atoms with Crippen LogP contribution in [0.1, 0.15) is 11.1 Å². The highest BCUT2D eigenvalue weighted by Gasteiger charge is 2.23. The van der Waals surface area contributed by atoms with E-state index in [2.05, 4.69) is 10.3 Å². The van der Waals surface area contributed by atoms with Crippen molar-refractivity contribution < 1.29 is 8.42 Å². The average Bonchev–Trinajstić information content (AvgIpc) is 2.49. The summed E-state index contributed by atoms with van der Waals surface area (Å²) in [4.78, 5) is 4.28. The van der Waals surface area contributed by atoms with Crippen LogP contribution in [0.15, 0.2) is 53.7 Å². The zero-order valence-electron chi connectivity index (χ0n) is 12.2. The third-order valence-corrected chi connectivity index (χ3v) is 5.09. The molecule has 6 heteroatoms. The van der Waals surface area contributed by atoms with E-state index in [1.807, 2.05) is 24.3 Å². The molecular weight excluding hydrogens is 286 g/mol. The summed E-state index contributed by atoms with van der Waals surface area (Å²) in [6.45, 7) is 0.831. The van der Waals surface area contributed by atoms with Crippen LogP contribution in [-0.2, 0) is 23.1 Å². The molecule has 0 atom stereocenters. The highest BCUT2D eigenvalue weighted by atomic mass is 32.2. The van der Waals surface area contributed by atoms with Crippen molar-refractivity contribution in [1.82, 2.24) is 14.6 Å². The first kappa shape index (κ1) is 15.6. The van der Waals surface area contributed by atoms with Crippen LogP contribution in [0.4, 0.5) is 0 Å². The third kappa shape index (κ3) is 3.66. The van der Waals surface area contributed by atoms with Crippen molar-refractivity contribution in [2.24, 2.45) is 0 Å². The Morgan fingerprint density at radius 3 is 2.48 bits per heavy atom. The van der Waals surface area contributed by atoms with Crippen LogP contribution in [0.2, 0.25) is 0 Å². The maximum Gasteiger partial charge on any atom is 0.243 e. The van der Waals surface area contributed by atoms with Crippen molar-refractivity contribution >= 4 is 10.0 Å². The number of hydrogen-bond acceptors (Lipinski definition) is 4. The van der Waals surface area contributed by atoms with Gasteiger partial charge in [-0.05, 0) is 36.4 Å². The predicted octanol–water partition coefficient (Wildman–Crippen LogP) is 1.62. The normalized spacial score (nSPS) is 11.8. The van der Waals surface area contributed by atoms with Crippen LogP contribution in [0.25, 0.3) is 0 Å². The summed E-state index contributed by atoms with van der Waals surface area (Å²) in [6.07, 6.45) is 3.31. The predicted molar refractivity (Wildman–Crippen MR) is 82.1 cm³/mol. The summed E-state index contributed by atoms with van der Waals surface area (Å²) in [6, 6.07) is 10.7. The molecule has 0 bridgehead atoms. The topological polar surface area (TPSA) is 62.3 Å². The molecule has 0 radical (unpaired) electrons. The van der Waals surface area contributed by atoms with Crippen molar-refractivity contribution in [2.45, 2.75) is 18.0 Å². The van der Waals surface area contributed by atoms with Crippen LogP contribution in [0, 0.1) is 0 Å².